The number of phenolic OH excluding ortho intramolecular Hbond substituents is 1. The number of hydrogen-bond donors (Lipinski definition) is 1. The first-order valence-electron chi connectivity index (χ1n) is 11.2. The summed E-state index contributed by atoms with van der Waals surface area (Å²) in [6.07, 6.45) is 0. The van der Waals surface area contributed by atoms with Crippen molar-refractivity contribution in [2.24, 2.45) is 0 Å². The van der Waals surface area contributed by atoms with Crippen molar-refractivity contribution in [2.45, 2.75) is 65.5 Å². The zero-order chi connectivity index (χ0) is 23.4. The molecule has 0 fully saturated rings. The Morgan fingerprint density at radius 3 is 2.00 bits per heavy atom. The largest absolute Gasteiger partial charge is 0.507 e. The molecule has 2 rings (SSSR count). The maximum Gasteiger partial charge on any atom is 0.123 e. The molecule has 0 atom stereocenters. The molecule has 172 valence electrons. The quantitative estimate of drug-likeness (QED) is 0.599. The predicted molar refractivity (Wildman–Crippen MR) is 131 cm³/mol. The average molecular weight is 427 g/mol. The fourth-order valence-electron chi connectivity index (χ4n) is 3.69. The van der Waals surface area contributed by atoms with Gasteiger partial charge >= 0.3 is 0 Å². The molecule has 0 spiro atoms. The zero-order valence-electron chi connectivity index (χ0n) is 21.0. The van der Waals surface area contributed by atoms with Crippen molar-refractivity contribution in [3.05, 3.63) is 58.7 Å². The van der Waals surface area contributed by atoms with Gasteiger partial charge in [0.1, 0.15) is 11.5 Å². The van der Waals surface area contributed by atoms with Crippen LogP contribution < -0.4 is 4.74 Å². The van der Waals surface area contributed by atoms with Crippen LogP contribution >= 0.6 is 0 Å². The minimum Gasteiger partial charge on any atom is -0.507 e. The lowest BCUT2D eigenvalue weighted by atomic mass is 9.79. The van der Waals surface area contributed by atoms with Crippen LogP contribution in [-0.2, 0) is 23.9 Å². The van der Waals surface area contributed by atoms with Crippen molar-refractivity contribution < 1.29 is 9.84 Å². The van der Waals surface area contributed by atoms with Crippen molar-refractivity contribution in [3.8, 4) is 11.5 Å². The molecule has 31 heavy (non-hydrogen) atoms. The molecule has 0 bridgehead atoms. The number of methoxy groups -OCH3 is 1. The molecule has 0 saturated carbocycles. The van der Waals surface area contributed by atoms with Gasteiger partial charge in [0.25, 0.3) is 0 Å². The number of aromatic hydroxyl groups is 1. The van der Waals surface area contributed by atoms with Gasteiger partial charge < -0.3 is 14.7 Å². The summed E-state index contributed by atoms with van der Waals surface area (Å²) in [5.74, 6) is 1.33. The second-order valence-electron chi connectivity index (χ2n) is 10.9. The first-order valence-corrected chi connectivity index (χ1v) is 11.2. The van der Waals surface area contributed by atoms with Crippen LogP contribution in [0.25, 0.3) is 0 Å². The summed E-state index contributed by atoms with van der Waals surface area (Å²) in [7, 11) is 5.91. The highest BCUT2D eigenvalue weighted by atomic mass is 16.5. The monoisotopic (exact) mass is 426 g/mol. The Kier molecular flexibility index (Phi) is 8.18. The molecule has 0 radical (unpaired) electrons. The van der Waals surface area contributed by atoms with Crippen LogP contribution in [0.5, 0.6) is 11.5 Å². The lowest BCUT2D eigenvalue weighted by Gasteiger charge is -2.30. The fraction of sp³-hybridized carbons (Fsp3) is 0.556. The zero-order valence-corrected chi connectivity index (χ0v) is 21.0. The van der Waals surface area contributed by atoms with Crippen molar-refractivity contribution in [3.63, 3.8) is 0 Å². The van der Waals surface area contributed by atoms with Gasteiger partial charge in [-0.05, 0) is 42.1 Å². The number of nitrogens with zero attached hydrogens (tertiary/aromatic N) is 2. The van der Waals surface area contributed by atoms with E-state index >= 15 is 0 Å². The topological polar surface area (TPSA) is 35.9 Å². The minimum atomic E-state index is -0.128. The van der Waals surface area contributed by atoms with Gasteiger partial charge in [-0.1, -0.05) is 71.9 Å². The van der Waals surface area contributed by atoms with E-state index in [1.165, 1.54) is 5.56 Å². The van der Waals surface area contributed by atoms with Crippen LogP contribution in [0, 0.1) is 0 Å². The van der Waals surface area contributed by atoms with E-state index in [0.717, 1.165) is 42.1 Å². The van der Waals surface area contributed by atoms with E-state index in [-0.39, 0.29) is 10.8 Å². The highest BCUT2D eigenvalue weighted by molar-refractivity contribution is 5.48. The number of likely N-dealkylation sites (N-methyl/N-ethyl adjacent to an activating group) is 1. The lowest BCUT2D eigenvalue weighted by molar-refractivity contribution is 0.221. The van der Waals surface area contributed by atoms with E-state index in [2.05, 4.69) is 89.7 Å². The van der Waals surface area contributed by atoms with Crippen LogP contribution in [0.3, 0.4) is 0 Å². The molecule has 0 aliphatic heterocycles. The summed E-state index contributed by atoms with van der Waals surface area (Å²) < 4.78 is 5.59. The first-order chi connectivity index (χ1) is 14.3. The van der Waals surface area contributed by atoms with Gasteiger partial charge in [0, 0.05) is 37.3 Å². The van der Waals surface area contributed by atoms with Gasteiger partial charge in [-0.15, -0.1) is 0 Å². The van der Waals surface area contributed by atoms with Crippen LogP contribution in [0.1, 0.15) is 63.8 Å². The third-order valence-corrected chi connectivity index (χ3v) is 5.71. The third kappa shape index (κ3) is 6.98. The second-order valence-corrected chi connectivity index (χ2v) is 10.9. The van der Waals surface area contributed by atoms with Crippen LogP contribution in [0.4, 0.5) is 0 Å². The number of ether oxygens (including phenoxy) is 1. The molecule has 2 aromatic rings. The molecule has 0 heterocycles. The van der Waals surface area contributed by atoms with Crippen molar-refractivity contribution in [2.75, 3.05) is 34.3 Å². The Hall–Kier alpha value is -2.04. The van der Waals surface area contributed by atoms with Crippen molar-refractivity contribution in [1.82, 2.24) is 9.80 Å². The highest BCUT2D eigenvalue weighted by Crippen LogP contribution is 2.38. The second kappa shape index (κ2) is 10.1. The van der Waals surface area contributed by atoms with E-state index < -0.39 is 0 Å². The molecular formula is C27H42N2O2. The molecule has 2 aromatic carbocycles. The lowest BCUT2D eigenvalue weighted by Crippen LogP contribution is -2.31. The van der Waals surface area contributed by atoms with Gasteiger partial charge in [-0.2, -0.15) is 0 Å². The van der Waals surface area contributed by atoms with Gasteiger partial charge in [-0.25, -0.2) is 0 Å². The Balaban J connectivity index is 2.47. The molecule has 0 aliphatic rings. The molecule has 1 N–H and O–H groups in total. The molecule has 4 nitrogen and oxygen atoms in total. The fourth-order valence-corrected chi connectivity index (χ4v) is 3.69. The minimum absolute atomic E-state index is 0.0135. The number of phenols is 1. The maximum absolute atomic E-state index is 11.2. The van der Waals surface area contributed by atoms with Gasteiger partial charge in [0.15, 0.2) is 0 Å². The number of para-hydroxylation sites is 1. The Morgan fingerprint density at radius 2 is 1.45 bits per heavy atom. The standard InChI is InChI=1S/C27H42N2O2/c1-26(2,3)22-16-21(25(30)23(17-22)27(4,5)6)19-29(15-14-28(7)8)18-20-12-10-11-13-24(20)31-9/h10-13,16-17,30H,14-15,18-19H2,1-9H3. The summed E-state index contributed by atoms with van der Waals surface area (Å²) in [5.41, 5.74) is 4.31. The molecular weight excluding hydrogens is 384 g/mol. The number of benzene rings is 2. The molecule has 0 aliphatic carbocycles. The predicted octanol–water partition coefficient (Wildman–Crippen LogP) is 5.56. The molecule has 0 saturated heterocycles. The summed E-state index contributed by atoms with van der Waals surface area (Å²) >= 11 is 0. The maximum atomic E-state index is 11.2. The average Bonchev–Trinajstić information content (AvgIpc) is 2.66. The Labute approximate surface area is 189 Å². The van der Waals surface area contributed by atoms with Crippen molar-refractivity contribution in [1.29, 1.82) is 0 Å². The number of rotatable bonds is 8. The first kappa shape index (κ1) is 25.2. The third-order valence-electron chi connectivity index (χ3n) is 5.71. The summed E-state index contributed by atoms with van der Waals surface area (Å²) in [4.78, 5) is 4.59. The molecule has 4 heteroatoms. The summed E-state index contributed by atoms with van der Waals surface area (Å²) in [5, 5.41) is 11.2. The smallest absolute Gasteiger partial charge is 0.123 e. The normalized spacial score (nSPS) is 12.6. The van der Waals surface area contributed by atoms with Gasteiger partial charge in [0.05, 0.1) is 7.11 Å². The number of hydrogen-bond acceptors (Lipinski definition) is 4. The van der Waals surface area contributed by atoms with Gasteiger partial charge in [-0.3, -0.25) is 4.90 Å². The van der Waals surface area contributed by atoms with E-state index in [1.807, 2.05) is 12.1 Å². The van der Waals surface area contributed by atoms with E-state index in [4.69, 9.17) is 4.74 Å². The highest BCUT2D eigenvalue weighted by Gasteiger charge is 2.25. The van der Waals surface area contributed by atoms with E-state index in [1.54, 1.807) is 7.11 Å². The van der Waals surface area contributed by atoms with Gasteiger partial charge in [0.2, 0.25) is 0 Å². The van der Waals surface area contributed by atoms with Crippen LogP contribution in [0.2, 0.25) is 0 Å². The Bertz CT molecular complexity index is 861. The molecule has 0 aromatic heterocycles. The molecule has 0 unspecified atom stereocenters. The Morgan fingerprint density at radius 1 is 0.839 bits per heavy atom. The van der Waals surface area contributed by atoms with Crippen LogP contribution in [0.15, 0.2) is 36.4 Å². The summed E-state index contributed by atoms with van der Waals surface area (Å²) in [6.45, 7) is 16.5. The van der Waals surface area contributed by atoms with E-state index in [9.17, 15) is 5.11 Å². The van der Waals surface area contributed by atoms with Crippen LogP contribution in [-0.4, -0.2) is 49.2 Å². The van der Waals surface area contributed by atoms with Crippen molar-refractivity contribution >= 4 is 0 Å². The molecule has 0 amide bonds. The summed E-state index contributed by atoms with van der Waals surface area (Å²) in [6, 6.07) is 12.6. The SMILES string of the molecule is COc1ccccc1CN(CCN(C)C)Cc1cc(C(C)(C)C)cc(C(C)(C)C)c1O. The van der Waals surface area contributed by atoms with E-state index in [0.29, 0.717) is 12.3 Å².